The zero-order valence-electron chi connectivity index (χ0n) is 16.2. The summed E-state index contributed by atoms with van der Waals surface area (Å²) in [4.78, 5) is 40.6. The van der Waals surface area contributed by atoms with E-state index in [1.165, 1.54) is 0 Å². The fourth-order valence-electron chi connectivity index (χ4n) is 3.33. The zero-order valence-corrected chi connectivity index (χ0v) is 16.2. The molecule has 0 bridgehead atoms. The van der Waals surface area contributed by atoms with E-state index >= 15 is 0 Å². The first-order chi connectivity index (χ1) is 12.5. The minimum absolute atomic E-state index is 0.0000868. The number of rotatable bonds is 7. The molecule has 142 valence electrons. The molecule has 2 amide bonds. The standard InChI is InChI=1S/C21H30N2O3/c1-4-17(5-2)21(26)23-14-12-22(13-15-23)20(25)11-10-19(24)18-8-6-16(3)7-9-18/h6-9,17H,4-5,10-15H2,1-3H3. The van der Waals surface area contributed by atoms with Gasteiger partial charge in [0, 0.05) is 50.5 Å². The number of ketones is 1. The van der Waals surface area contributed by atoms with E-state index in [0.29, 0.717) is 31.7 Å². The summed E-state index contributed by atoms with van der Waals surface area (Å²) < 4.78 is 0. The third-order valence-electron chi connectivity index (χ3n) is 5.22. The summed E-state index contributed by atoms with van der Waals surface area (Å²) in [5, 5.41) is 0. The van der Waals surface area contributed by atoms with Gasteiger partial charge in [-0.25, -0.2) is 0 Å². The molecule has 5 heteroatoms. The fraction of sp³-hybridized carbons (Fsp3) is 0.571. The van der Waals surface area contributed by atoms with Gasteiger partial charge >= 0.3 is 0 Å². The number of Topliss-reactive ketones (excluding diaryl/α,β-unsaturated/α-hetero) is 1. The molecule has 0 aromatic heterocycles. The smallest absolute Gasteiger partial charge is 0.225 e. The predicted octanol–water partition coefficient (Wildman–Crippen LogP) is 3.06. The first-order valence-electron chi connectivity index (χ1n) is 9.62. The lowest BCUT2D eigenvalue weighted by molar-refractivity contribution is -0.142. The Kier molecular flexibility index (Phi) is 7.37. The Hall–Kier alpha value is -2.17. The molecule has 1 aromatic rings. The summed E-state index contributed by atoms with van der Waals surface area (Å²) in [7, 11) is 0. The predicted molar refractivity (Wildman–Crippen MR) is 102 cm³/mol. The van der Waals surface area contributed by atoms with Crippen LogP contribution in [0.3, 0.4) is 0 Å². The third-order valence-corrected chi connectivity index (χ3v) is 5.22. The van der Waals surface area contributed by atoms with Crippen molar-refractivity contribution in [1.29, 1.82) is 0 Å². The van der Waals surface area contributed by atoms with Gasteiger partial charge in [0.05, 0.1) is 0 Å². The Morgan fingerprint density at radius 2 is 1.42 bits per heavy atom. The highest BCUT2D eigenvalue weighted by Crippen LogP contribution is 2.15. The molecule has 0 saturated carbocycles. The molecule has 1 aliphatic rings. The van der Waals surface area contributed by atoms with Crippen LogP contribution in [-0.4, -0.2) is 53.6 Å². The highest BCUT2D eigenvalue weighted by atomic mass is 16.2. The average Bonchev–Trinajstić information content (AvgIpc) is 2.67. The highest BCUT2D eigenvalue weighted by molar-refractivity contribution is 5.98. The number of hydrogen-bond acceptors (Lipinski definition) is 3. The molecule has 5 nitrogen and oxygen atoms in total. The second kappa shape index (κ2) is 9.51. The molecule has 26 heavy (non-hydrogen) atoms. The lowest BCUT2D eigenvalue weighted by Crippen LogP contribution is -2.51. The zero-order chi connectivity index (χ0) is 19.1. The van der Waals surface area contributed by atoms with Gasteiger partial charge in [0.15, 0.2) is 5.78 Å². The summed E-state index contributed by atoms with van der Waals surface area (Å²) in [5.74, 6) is 0.294. The number of hydrogen-bond donors (Lipinski definition) is 0. The van der Waals surface area contributed by atoms with Crippen molar-refractivity contribution < 1.29 is 14.4 Å². The van der Waals surface area contributed by atoms with Crippen LogP contribution in [0.2, 0.25) is 0 Å². The number of benzene rings is 1. The van der Waals surface area contributed by atoms with Gasteiger partial charge in [0.25, 0.3) is 0 Å². The molecule has 1 saturated heterocycles. The lowest BCUT2D eigenvalue weighted by atomic mass is 10.0. The molecule has 2 rings (SSSR count). The first kappa shape index (κ1) is 20.1. The molecular weight excluding hydrogens is 328 g/mol. The molecule has 1 fully saturated rings. The van der Waals surface area contributed by atoms with Gasteiger partial charge in [-0.1, -0.05) is 43.7 Å². The summed E-state index contributed by atoms with van der Waals surface area (Å²) >= 11 is 0. The number of piperazine rings is 1. The Balaban J connectivity index is 1.78. The van der Waals surface area contributed by atoms with Crippen LogP contribution in [0.4, 0.5) is 0 Å². The molecule has 0 atom stereocenters. The van der Waals surface area contributed by atoms with Gasteiger partial charge in [-0.15, -0.1) is 0 Å². The van der Waals surface area contributed by atoms with Gasteiger partial charge in [-0.05, 0) is 19.8 Å². The largest absolute Gasteiger partial charge is 0.339 e. The summed E-state index contributed by atoms with van der Waals surface area (Å²) in [6.45, 7) is 8.35. The van der Waals surface area contributed by atoms with E-state index in [9.17, 15) is 14.4 Å². The van der Waals surface area contributed by atoms with E-state index in [-0.39, 0.29) is 36.4 Å². The number of nitrogens with zero attached hydrogens (tertiary/aromatic N) is 2. The van der Waals surface area contributed by atoms with Gasteiger partial charge < -0.3 is 9.80 Å². The van der Waals surface area contributed by atoms with Gasteiger partial charge in [-0.2, -0.15) is 0 Å². The molecule has 0 spiro atoms. The Morgan fingerprint density at radius 1 is 0.885 bits per heavy atom. The lowest BCUT2D eigenvalue weighted by Gasteiger charge is -2.36. The molecule has 0 radical (unpaired) electrons. The number of amides is 2. The van der Waals surface area contributed by atoms with Crippen molar-refractivity contribution >= 4 is 17.6 Å². The van der Waals surface area contributed by atoms with E-state index < -0.39 is 0 Å². The van der Waals surface area contributed by atoms with Gasteiger partial charge in [0.2, 0.25) is 11.8 Å². The van der Waals surface area contributed by atoms with E-state index in [4.69, 9.17) is 0 Å². The van der Waals surface area contributed by atoms with Crippen LogP contribution in [-0.2, 0) is 9.59 Å². The Labute approximate surface area is 156 Å². The van der Waals surface area contributed by atoms with E-state index in [2.05, 4.69) is 0 Å². The topological polar surface area (TPSA) is 57.7 Å². The SMILES string of the molecule is CCC(CC)C(=O)N1CCN(C(=O)CCC(=O)c2ccc(C)cc2)CC1. The van der Waals surface area contributed by atoms with Crippen LogP contribution >= 0.6 is 0 Å². The molecular formula is C21H30N2O3. The van der Waals surface area contributed by atoms with Crippen molar-refractivity contribution in [3.63, 3.8) is 0 Å². The minimum Gasteiger partial charge on any atom is -0.339 e. The second-order valence-electron chi connectivity index (χ2n) is 7.01. The van der Waals surface area contributed by atoms with Crippen LogP contribution in [0.25, 0.3) is 0 Å². The maximum Gasteiger partial charge on any atom is 0.225 e. The maximum absolute atomic E-state index is 12.4. The monoisotopic (exact) mass is 358 g/mol. The molecule has 1 heterocycles. The molecule has 0 aliphatic carbocycles. The van der Waals surface area contributed by atoms with Gasteiger partial charge in [0.1, 0.15) is 0 Å². The minimum atomic E-state index is 0.0000868. The number of carbonyl (C=O) groups is 3. The van der Waals surface area contributed by atoms with E-state index in [1.54, 1.807) is 4.90 Å². The molecule has 0 unspecified atom stereocenters. The summed E-state index contributed by atoms with van der Waals surface area (Å²) in [6, 6.07) is 7.44. The Morgan fingerprint density at radius 3 is 1.96 bits per heavy atom. The fourth-order valence-corrected chi connectivity index (χ4v) is 3.33. The molecule has 1 aromatic carbocycles. The molecule has 1 aliphatic heterocycles. The number of aryl methyl sites for hydroxylation is 1. The van der Waals surface area contributed by atoms with Crippen LogP contribution in [0, 0.1) is 12.8 Å². The van der Waals surface area contributed by atoms with Crippen LogP contribution in [0.15, 0.2) is 24.3 Å². The van der Waals surface area contributed by atoms with Crippen molar-refractivity contribution in [2.45, 2.75) is 46.5 Å². The van der Waals surface area contributed by atoms with Gasteiger partial charge in [-0.3, -0.25) is 14.4 Å². The van der Waals surface area contributed by atoms with Crippen molar-refractivity contribution in [2.75, 3.05) is 26.2 Å². The van der Waals surface area contributed by atoms with Crippen molar-refractivity contribution in [3.8, 4) is 0 Å². The van der Waals surface area contributed by atoms with E-state index in [0.717, 1.165) is 18.4 Å². The van der Waals surface area contributed by atoms with Crippen LogP contribution < -0.4 is 0 Å². The first-order valence-corrected chi connectivity index (χ1v) is 9.62. The van der Waals surface area contributed by atoms with Crippen molar-refractivity contribution in [2.24, 2.45) is 5.92 Å². The molecule has 0 N–H and O–H groups in total. The van der Waals surface area contributed by atoms with Crippen molar-refractivity contribution in [1.82, 2.24) is 9.80 Å². The normalized spacial score (nSPS) is 14.6. The third kappa shape index (κ3) is 5.16. The summed E-state index contributed by atoms with van der Waals surface area (Å²) in [6.07, 6.45) is 2.17. The highest BCUT2D eigenvalue weighted by Gasteiger charge is 2.27. The maximum atomic E-state index is 12.4. The van der Waals surface area contributed by atoms with Crippen molar-refractivity contribution in [3.05, 3.63) is 35.4 Å². The Bertz CT molecular complexity index is 627. The van der Waals surface area contributed by atoms with Crippen LogP contribution in [0.5, 0.6) is 0 Å². The number of carbonyl (C=O) groups excluding carboxylic acids is 3. The quantitative estimate of drug-likeness (QED) is 0.704. The average molecular weight is 358 g/mol. The van der Waals surface area contributed by atoms with E-state index in [1.807, 2.05) is 49.9 Å². The summed E-state index contributed by atoms with van der Waals surface area (Å²) in [5.41, 5.74) is 1.77. The second-order valence-corrected chi connectivity index (χ2v) is 7.01. The van der Waals surface area contributed by atoms with Crippen LogP contribution in [0.1, 0.15) is 55.5 Å².